The van der Waals surface area contributed by atoms with Crippen molar-refractivity contribution in [2.45, 2.75) is 50.2 Å². The molecule has 3 amide bonds. The summed E-state index contributed by atoms with van der Waals surface area (Å²) in [6.07, 6.45) is 2.61. The molecule has 0 aromatic heterocycles. The third kappa shape index (κ3) is 4.96. The number of carbonyl (C=O) groups excluding carboxylic acids is 3. The minimum atomic E-state index is -1.04. The number of hydrogen-bond acceptors (Lipinski definition) is 5. The maximum absolute atomic E-state index is 12.8. The first-order valence-electron chi connectivity index (χ1n) is 10.3. The second-order valence-corrected chi connectivity index (χ2v) is 7.79. The SMILES string of the molecule is NC(Cc1ccccc1)C(=O)N1CCCC1C(=O)NCC(=O)N1CCCC1C(=O)O. The molecular formula is C21H28N4O5. The predicted octanol–water partition coefficient (Wildman–Crippen LogP) is -0.261. The summed E-state index contributed by atoms with van der Waals surface area (Å²) in [6.45, 7) is 0.534. The smallest absolute Gasteiger partial charge is 0.326 e. The quantitative estimate of drug-likeness (QED) is 0.561. The van der Waals surface area contributed by atoms with Gasteiger partial charge in [0.25, 0.3) is 0 Å². The van der Waals surface area contributed by atoms with Gasteiger partial charge in [0.2, 0.25) is 17.7 Å². The molecule has 3 atom stereocenters. The molecule has 4 N–H and O–H groups in total. The van der Waals surface area contributed by atoms with Gasteiger partial charge < -0.3 is 26.0 Å². The van der Waals surface area contributed by atoms with Crippen LogP contribution in [0.5, 0.6) is 0 Å². The Morgan fingerprint density at radius 1 is 1.03 bits per heavy atom. The zero-order valence-corrected chi connectivity index (χ0v) is 16.8. The molecule has 9 heteroatoms. The molecule has 2 heterocycles. The van der Waals surface area contributed by atoms with E-state index in [4.69, 9.17) is 5.73 Å². The predicted molar refractivity (Wildman–Crippen MR) is 108 cm³/mol. The van der Waals surface area contributed by atoms with Crippen LogP contribution in [0.25, 0.3) is 0 Å². The average Bonchev–Trinajstić information content (AvgIpc) is 3.41. The van der Waals surface area contributed by atoms with Crippen LogP contribution in [0.2, 0.25) is 0 Å². The first kappa shape index (κ1) is 21.8. The Hall–Kier alpha value is -2.94. The highest BCUT2D eigenvalue weighted by Crippen LogP contribution is 2.20. The van der Waals surface area contributed by atoms with Gasteiger partial charge in [-0.2, -0.15) is 0 Å². The molecule has 9 nitrogen and oxygen atoms in total. The van der Waals surface area contributed by atoms with Gasteiger partial charge in [-0.15, -0.1) is 0 Å². The fraction of sp³-hybridized carbons (Fsp3) is 0.524. The van der Waals surface area contributed by atoms with Gasteiger partial charge >= 0.3 is 5.97 Å². The van der Waals surface area contributed by atoms with Crippen LogP contribution in [-0.4, -0.2) is 76.4 Å². The number of carboxylic acid groups (broad SMARTS) is 1. The Morgan fingerprint density at radius 2 is 1.67 bits per heavy atom. The Bertz CT molecular complexity index is 800. The van der Waals surface area contributed by atoms with E-state index in [1.54, 1.807) is 0 Å². The molecule has 0 saturated carbocycles. The second-order valence-electron chi connectivity index (χ2n) is 7.79. The normalized spacial score (nSPS) is 22.0. The molecule has 0 bridgehead atoms. The van der Waals surface area contributed by atoms with E-state index >= 15 is 0 Å². The highest BCUT2D eigenvalue weighted by Gasteiger charge is 2.37. The van der Waals surface area contributed by atoms with Crippen LogP contribution in [0, 0.1) is 0 Å². The van der Waals surface area contributed by atoms with Crippen LogP contribution in [0.15, 0.2) is 30.3 Å². The number of likely N-dealkylation sites (tertiary alicyclic amines) is 2. The zero-order chi connectivity index (χ0) is 21.7. The molecule has 3 unspecified atom stereocenters. The van der Waals surface area contributed by atoms with Gasteiger partial charge in [-0.1, -0.05) is 30.3 Å². The standard InChI is InChI=1S/C21H28N4O5/c22-15(12-14-6-2-1-3-7-14)20(28)25-11-4-8-16(25)19(27)23-13-18(26)24-10-5-9-17(24)21(29)30/h1-3,6-7,15-17H,4-5,8-13,22H2,(H,23,27)(H,29,30). The third-order valence-corrected chi connectivity index (χ3v) is 5.73. The number of nitrogens with two attached hydrogens (primary N) is 1. The first-order valence-corrected chi connectivity index (χ1v) is 10.3. The van der Waals surface area contributed by atoms with Crippen molar-refractivity contribution in [3.63, 3.8) is 0 Å². The lowest BCUT2D eigenvalue weighted by atomic mass is 10.1. The molecule has 0 spiro atoms. The molecule has 162 valence electrons. The number of benzene rings is 1. The lowest BCUT2D eigenvalue weighted by Gasteiger charge is -2.27. The molecule has 0 aliphatic carbocycles. The number of carboxylic acids is 1. The molecule has 30 heavy (non-hydrogen) atoms. The maximum Gasteiger partial charge on any atom is 0.326 e. The van der Waals surface area contributed by atoms with E-state index in [-0.39, 0.29) is 12.5 Å². The van der Waals surface area contributed by atoms with Gasteiger partial charge in [-0.25, -0.2) is 4.79 Å². The summed E-state index contributed by atoms with van der Waals surface area (Å²) >= 11 is 0. The summed E-state index contributed by atoms with van der Waals surface area (Å²) in [5.41, 5.74) is 7.05. The van der Waals surface area contributed by atoms with Gasteiger partial charge in [0.05, 0.1) is 12.6 Å². The number of aliphatic carboxylic acids is 1. The van der Waals surface area contributed by atoms with E-state index in [0.717, 1.165) is 5.56 Å². The van der Waals surface area contributed by atoms with Crippen LogP contribution in [0.1, 0.15) is 31.2 Å². The topological polar surface area (TPSA) is 133 Å². The molecule has 3 rings (SSSR count). The summed E-state index contributed by atoms with van der Waals surface area (Å²) in [5.74, 6) is -2.16. The molecule has 1 aromatic carbocycles. The third-order valence-electron chi connectivity index (χ3n) is 5.73. The van der Waals surface area contributed by atoms with E-state index in [1.807, 2.05) is 30.3 Å². The average molecular weight is 416 g/mol. The second kappa shape index (κ2) is 9.71. The summed E-state index contributed by atoms with van der Waals surface area (Å²) in [7, 11) is 0. The molecule has 0 radical (unpaired) electrons. The highest BCUT2D eigenvalue weighted by molar-refractivity contribution is 5.93. The van der Waals surface area contributed by atoms with Crippen molar-refractivity contribution in [1.29, 1.82) is 0 Å². The molecule has 2 saturated heterocycles. The van der Waals surface area contributed by atoms with E-state index < -0.39 is 35.9 Å². The number of nitrogens with zero attached hydrogens (tertiary/aromatic N) is 2. The number of carbonyl (C=O) groups is 4. The van der Waals surface area contributed by atoms with Crippen LogP contribution < -0.4 is 11.1 Å². The molecule has 1 aromatic rings. The van der Waals surface area contributed by atoms with E-state index in [0.29, 0.717) is 45.2 Å². The van der Waals surface area contributed by atoms with Crippen LogP contribution in [0.4, 0.5) is 0 Å². The Morgan fingerprint density at radius 3 is 2.33 bits per heavy atom. The van der Waals surface area contributed by atoms with Gasteiger partial charge in [0.1, 0.15) is 12.1 Å². The largest absolute Gasteiger partial charge is 0.480 e. The van der Waals surface area contributed by atoms with Crippen molar-refractivity contribution < 1.29 is 24.3 Å². The van der Waals surface area contributed by atoms with E-state index in [1.165, 1.54) is 9.80 Å². The van der Waals surface area contributed by atoms with E-state index in [9.17, 15) is 24.3 Å². The van der Waals surface area contributed by atoms with Crippen molar-refractivity contribution in [2.24, 2.45) is 5.73 Å². The van der Waals surface area contributed by atoms with Crippen molar-refractivity contribution in [3.05, 3.63) is 35.9 Å². The van der Waals surface area contributed by atoms with Crippen molar-refractivity contribution in [3.8, 4) is 0 Å². The summed E-state index contributed by atoms with van der Waals surface area (Å²) in [5, 5.41) is 11.8. The Labute approximate surface area is 175 Å². The molecular weight excluding hydrogens is 388 g/mol. The minimum Gasteiger partial charge on any atom is -0.480 e. The van der Waals surface area contributed by atoms with Crippen LogP contribution in [0.3, 0.4) is 0 Å². The highest BCUT2D eigenvalue weighted by atomic mass is 16.4. The van der Waals surface area contributed by atoms with Gasteiger partial charge in [0.15, 0.2) is 0 Å². The Balaban J connectivity index is 1.54. The molecule has 2 aliphatic heterocycles. The number of amides is 3. The lowest BCUT2D eigenvalue weighted by Crippen LogP contribution is -2.53. The first-order chi connectivity index (χ1) is 14.4. The van der Waals surface area contributed by atoms with Gasteiger partial charge in [-0.3, -0.25) is 14.4 Å². The van der Waals surface area contributed by atoms with Crippen LogP contribution in [-0.2, 0) is 25.6 Å². The lowest BCUT2D eigenvalue weighted by molar-refractivity contribution is -0.148. The van der Waals surface area contributed by atoms with Gasteiger partial charge in [0, 0.05) is 13.1 Å². The minimum absolute atomic E-state index is 0.281. The molecule has 2 aliphatic rings. The van der Waals surface area contributed by atoms with Crippen molar-refractivity contribution in [1.82, 2.24) is 15.1 Å². The van der Waals surface area contributed by atoms with Crippen molar-refractivity contribution in [2.75, 3.05) is 19.6 Å². The fourth-order valence-electron chi connectivity index (χ4n) is 4.18. The number of rotatable bonds is 7. The number of nitrogens with one attached hydrogen (secondary N) is 1. The monoisotopic (exact) mass is 416 g/mol. The van der Waals surface area contributed by atoms with E-state index in [2.05, 4.69) is 5.32 Å². The zero-order valence-electron chi connectivity index (χ0n) is 16.8. The maximum atomic E-state index is 12.8. The summed E-state index contributed by atoms with van der Waals surface area (Å²) in [6, 6.07) is 7.19. The summed E-state index contributed by atoms with van der Waals surface area (Å²) < 4.78 is 0. The number of hydrogen-bond donors (Lipinski definition) is 3. The Kier molecular flexibility index (Phi) is 7.04. The van der Waals surface area contributed by atoms with Crippen molar-refractivity contribution >= 4 is 23.7 Å². The van der Waals surface area contributed by atoms with Crippen LogP contribution >= 0.6 is 0 Å². The fourth-order valence-corrected chi connectivity index (χ4v) is 4.18. The molecule has 2 fully saturated rings. The van der Waals surface area contributed by atoms with Gasteiger partial charge in [-0.05, 0) is 37.7 Å². The summed E-state index contributed by atoms with van der Waals surface area (Å²) in [4.78, 5) is 51.8.